The molecular formula is C16H12F2N4O4. The van der Waals surface area contributed by atoms with Crippen molar-refractivity contribution in [3.63, 3.8) is 0 Å². The van der Waals surface area contributed by atoms with E-state index >= 15 is 0 Å². The topological polar surface area (TPSA) is 99.4 Å². The third-order valence-electron chi connectivity index (χ3n) is 3.18. The van der Waals surface area contributed by atoms with Crippen molar-refractivity contribution in [1.29, 1.82) is 0 Å². The van der Waals surface area contributed by atoms with Gasteiger partial charge in [-0.2, -0.15) is 13.9 Å². The molecule has 8 nitrogen and oxygen atoms in total. The van der Waals surface area contributed by atoms with Crippen LogP contribution in [0.15, 0.2) is 49.1 Å². The monoisotopic (exact) mass is 362 g/mol. The van der Waals surface area contributed by atoms with Crippen molar-refractivity contribution in [1.82, 2.24) is 19.7 Å². The molecule has 0 aliphatic rings. The van der Waals surface area contributed by atoms with Gasteiger partial charge in [-0.05, 0) is 17.7 Å². The SMILES string of the molecule is O=C(O)c1cnn(-c2ncc(OCc3cccc(OC(F)F)c3)cn2)c1. The summed E-state index contributed by atoms with van der Waals surface area (Å²) in [4.78, 5) is 18.9. The number of carbonyl (C=O) groups is 1. The molecule has 2 aromatic heterocycles. The molecule has 10 heteroatoms. The van der Waals surface area contributed by atoms with Crippen molar-refractivity contribution in [2.45, 2.75) is 13.2 Å². The number of aromatic nitrogens is 4. The van der Waals surface area contributed by atoms with Crippen LogP contribution in [0.1, 0.15) is 15.9 Å². The van der Waals surface area contributed by atoms with Crippen molar-refractivity contribution in [3.05, 3.63) is 60.2 Å². The lowest BCUT2D eigenvalue weighted by Crippen LogP contribution is -2.04. The number of carboxylic acids is 1. The van der Waals surface area contributed by atoms with Gasteiger partial charge in [0.2, 0.25) is 0 Å². The van der Waals surface area contributed by atoms with Crippen LogP contribution in [0.4, 0.5) is 8.78 Å². The van der Waals surface area contributed by atoms with Gasteiger partial charge in [-0.3, -0.25) is 0 Å². The number of carboxylic acid groups (broad SMARTS) is 1. The van der Waals surface area contributed by atoms with Gasteiger partial charge in [0.15, 0.2) is 5.75 Å². The molecular weight excluding hydrogens is 350 g/mol. The van der Waals surface area contributed by atoms with E-state index < -0.39 is 12.6 Å². The van der Waals surface area contributed by atoms with Gasteiger partial charge in [-0.25, -0.2) is 19.4 Å². The predicted molar refractivity (Wildman–Crippen MR) is 83.5 cm³/mol. The van der Waals surface area contributed by atoms with Crippen LogP contribution in [0.5, 0.6) is 11.5 Å². The Morgan fingerprint density at radius 2 is 1.96 bits per heavy atom. The summed E-state index contributed by atoms with van der Waals surface area (Å²) in [5.74, 6) is -0.536. The average molecular weight is 362 g/mol. The molecule has 3 aromatic rings. The van der Waals surface area contributed by atoms with Gasteiger partial charge in [0.1, 0.15) is 12.4 Å². The van der Waals surface area contributed by atoms with E-state index in [-0.39, 0.29) is 23.9 Å². The number of ether oxygens (including phenoxy) is 2. The summed E-state index contributed by atoms with van der Waals surface area (Å²) < 4.78 is 35.5. The summed E-state index contributed by atoms with van der Waals surface area (Å²) >= 11 is 0. The molecule has 0 atom stereocenters. The van der Waals surface area contributed by atoms with Crippen LogP contribution in [-0.4, -0.2) is 37.4 Å². The second-order valence-electron chi connectivity index (χ2n) is 5.01. The minimum atomic E-state index is -2.89. The van der Waals surface area contributed by atoms with Crippen LogP contribution in [0, 0.1) is 0 Å². The van der Waals surface area contributed by atoms with E-state index in [2.05, 4.69) is 19.8 Å². The molecule has 0 saturated carbocycles. The minimum absolute atomic E-state index is 0.0137. The van der Waals surface area contributed by atoms with Crippen LogP contribution in [-0.2, 0) is 6.61 Å². The van der Waals surface area contributed by atoms with Crippen LogP contribution >= 0.6 is 0 Å². The summed E-state index contributed by atoms with van der Waals surface area (Å²) in [5.41, 5.74) is 0.644. The summed E-state index contributed by atoms with van der Waals surface area (Å²) in [7, 11) is 0. The normalized spacial score (nSPS) is 10.7. The van der Waals surface area contributed by atoms with E-state index in [9.17, 15) is 13.6 Å². The van der Waals surface area contributed by atoms with Crippen molar-refractivity contribution >= 4 is 5.97 Å². The first-order chi connectivity index (χ1) is 12.5. The number of hydrogen-bond acceptors (Lipinski definition) is 6. The summed E-state index contributed by atoms with van der Waals surface area (Å²) in [6.07, 6.45) is 5.26. The molecule has 0 fully saturated rings. The lowest BCUT2D eigenvalue weighted by Gasteiger charge is -2.08. The highest BCUT2D eigenvalue weighted by atomic mass is 19.3. The smallest absolute Gasteiger partial charge is 0.387 e. The second-order valence-corrected chi connectivity index (χ2v) is 5.01. The molecule has 1 aromatic carbocycles. The van der Waals surface area contributed by atoms with E-state index in [1.54, 1.807) is 12.1 Å². The molecule has 0 bridgehead atoms. The fourth-order valence-electron chi connectivity index (χ4n) is 2.02. The molecule has 0 aliphatic heterocycles. The Bertz CT molecular complexity index is 899. The second kappa shape index (κ2) is 7.55. The largest absolute Gasteiger partial charge is 0.486 e. The Hall–Kier alpha value is -3.56. The quantitative estimate of drug-likeness (QED) is 0.689. The lowest BCUT2D eigenvalue weighted by atomic mass is 10.2. The highest BCUT2D eigenvalue weighted by molar-refractivity contribution is 5.86. The Balaban J connectivity index is 1.63. The van der Waals surface area contributed by atoms with E-state index in [0.29, 0.717) is 11.3 Å². The minimum Gasteiger partial charge on any atom is -0.486 e. The van der Waals surface area contributed by atoms with E-state index in [0.717, 1.165) is 0 Å². The molecule has 1 N–H and O–H groups in total. The predicted octanol–water partition coefficient (Wildman–Crippen LogP) is 2.54. The van der Waals surface area contributed by atoms with Gasteiger partial charge in [0.25, 0.3) is 5.95 Å². The highest BCUT2D eigenvalue weighted by Crippen LogP contribution is 2.18. The number of rotatable bonds is 7. The third kappa shape index (κ3) is 4.29. The highest BCUT2D eigenvalue weighted by Gasteiger charge is 2.09. The van der Waals surface area contributed by atoms with Gasteiger partial charge in [-0.1, -0.05) is 12.1 Å². The molecule has 0 unspecified atom stereocenters. The maximum atomic E-state index is 12.2. The Morgan fingerprint density at radius 1 is 1.19 bits per heavy atom. The molecule has 3 rings (SSSR count). The first-order valence-electron chi connectivity index (χ1n) is 7.28. The average Bonchev–Trinajstić information content (AvgIpc) is 3.11. The first-order valence-corrected chi connectivity index (χ1v) is 7.28. The van der Waals surface area contributed by atoms with Gasteiger partial charge < -0.3 is 14.6 Å². The van der Waals surface area contributed by atoms with Crippen molar-refractivity contribution < 1.29 is 28.2 Å². The third-order valence-corrected chi connectivity index (χ3v) is 3.18. The fraction of sp³-hybridized carbons (Fsp3) is 0.125. The Morgan fingerprint density at radius 3 is 2.62 bits per heavy atom. The first kappa shape index (κ1) is 17.3. The van der Waals surface area contributed by atoms with Crippen molar-refractivity contribution in [2.75, 3.05) is 0 Å². The molecule has 0 saturated heterocycles. The number of halogens is 2. The number of aromatic carboxylic acids is 1. The Labute approximate surface area is 145 Å². The number of alkyl halides is 2. The van der Waals surface area contributed by atoms with Gasteiger partial charge in [0.05, 0.1) is 24.2 Å². The van der Waals surface area contributed by atoms with Crippen LogP contribution in [0.3, 0.4) is 0 Å². The van der Waals surface area contributed by atoms with Crippen LogP contribution in [0.2, 0.25) is 0 Å². The molecule has 2 heterocycles. The lowest BCUT2D eigenvalue weighted by molar-refractivity contribution is -0.0499. The maximum Gasteiger partial charge on any atom is 0.387 e. The van der Waals surface area contributed by atoms with Gasteiger partial charge in [0, 0.05) is 6.20 Å². The van der Waals surface area contributed by atoms with Gasteiger partial charge in [-0.15, -0.1) is 0 Å². The standard InChI is InChI=1S/C16H12F2N4O4/c17-15(18)26-12-3-1-2-10(4-12)9-25-13-6-19-16(20-7-13)22-8-11(5-21-22)14(23)24/h1-8,15H,9H2,(H,23,24). The van der Waals surface area contributed by atoms with Crippen molar-refractivity contribution in [3.8, 4) is 17.4 Å². The summed E-state index contributed by atoms with van der Waals surface area (Å²) in [5, 5.41) is 12.7. The Kier molecular flexibility index (Phi) is 5.02. The molecule has 0 spiro atoms. The maximum absolute atomic E-state index is 12.2. The van der Waals surface area contributed by atoms with E-state index in [1.165, 1.54) is 41.6 Å². The van der Waals surface area contributed by atoms with Crippen LogP contribution in [0.25, 0.3) is 5.95 Å². The zero-order chi connectivity index (χ0) is 18.5. The summed E-state index contributed by atoms with van der Waals surface area (Å²) in [6, 6.07) is 6.14. The zero-order valence-electron chi connectivity index (χ0n) is 13.1. The van der Waals surface area contributed by atoms with E-state index in [4.69, 9.17) is 9.84 Å². The molecule has 0 radical (unpaired) electrons. The van der Waals surface area contributed by atoms with E-state index in [1.807, 2.05) is 0 Å². The molecule has 0 aliphatic carbocycles. The molecule has 134 valence electrons. The number of hydrogen-bond donors (Lipinski definition) is 1. The molecule has 26 heavy (non-hydrogen) atoms. The van der Waals surface area contributed by atoms with Crippen molar-refractivity contribution in [2.24, 2.45) is 0 Å². The summed E-state index contributed by atoms with van der Waals surface area (Å²) in [6.45, 7) is -2.79. The number of benzene rings is 1. The molecule has 0 amide bonds. The fourth-order valence-corrected chi connectivity index (χ4v) is 2.02. The zero-order valence-corrected chi connectivity index (χ0v) is 13.1. The number of nitrogens with zero attached hydrogens (tertiary/aromatic N) is 4. The van der Waals surface area contributed by atoms with Crippen LogP contribution < -0.4 is 9.47 Å². The van der Waals surface area contributed by atoms with Gasteiger partial charge >= 0.3 is 12.6 Å².